The van der Waals surface area contributed by atoms with E-state index in [1.165, 1.54) is 0 Å². The molecular weight excluding hydrogens is 314 g/mol. The molecule has 5 heteroatoms. The highest BCUT2D eigenvalue weighted by atomic mass is 79.9. The number of hydrogen-bond acceptors (Lipinski definition) is 3. The molecule has 2 aromatic heterocycles. The fourth-order valence-corrected chi connectivity index (χ4v) is 2.26. The number of aromatic nitrogens is 2. The van der Waals surface area contributed by atoms with Crippen molar-refractivity contribution in [2.24, 2.45) is 0 Å². The van der Waals surface area contributed by atoms with Crippen LogP contribution in [0.25, 0.3) is 0 Å². The molecule has 1 unspecified atom stereocenters. The lowest BCUT2D eigenvalue weighted by Crippen LogP contribution is -2.19. The normalized spacial score (nSPS) is 12.4. The van der Waals surface area contributed by atoms with E-state index in [4.69, 9.17) is 11.6 Å². The van der Waals surface area contributed by atoms with Gasteiger partial charge in [-0.2, -0.15) is 0 Å². The highest BCUT2D eigenvalue weighted by Gasteiger charge is 2.13. The van der Waals surface area contributed by atoms with Gasteiger partial charge in [0, 0.05) is 41.2 Å². The molecule has 0 saturated heterocycles. The molecule has 18 heavy (non-hydrogen) atoms. The van der Waals surface area contributed by atoms with Crippen LogP contribution in [0.5, 0.6) is 0 Å². The summed E-state index contributed by atoms with van der Waals surface area (Å²) in [4.78, 5) is 8.37. The first-order chi connectivity index (χ1) is 8.70. The van der Waals surface area contributed by atoms with Crippen molar-refractivity contribution >= 4 is 27.5 Å². The zero-order chi connectivity index (χ0) is 13.0. The maximum atomic E-state index is 6.16. The second kappa shape index (κ2) is 6.27. The summed E-state index contributed by atoms with van der Waals surface area (Å²) >= 11 is 9.54. The summed E-state index contributed by atoms with van der Waals surface area (Å²) in [7, 11) is 1.92. The van der Waals surface area contributed by atoms with Gasteiger partial charge in [-0.25, -0.2) is 0 Å². The summed E-state index contributed by atoms with van der Waals surface area (Å²) in [5.41, 5.74) is 2.06. The molecule has 0 fully saturated rings. The Morgan fingerprint density at radius 2 is 2.17 bits per heavy atom. The molecule has 0 aromatic carbocycles. The molecule has 2 aromatic rings. The van der Waals surface area contributed by atoms with Gasteiger partial charge in [0.15, 0.2) is 0 Å². The third-order valence-corrected chi connectivity index (χ3v) is 3.51. The number of pyridine rings is 2. The Balaban J connectivity index is 2.20. The molecule has 0 bridgehead atoms. The van der Waals surface area contributed by atoms with E-state index in [2.05, 4.69) is 31.2 Å². The van der Waals surface area contributed by atoms with Crippen molar-refractivity contribution in [3.8, 4) is 0 Å². The number of hydrogen-bond donors (Lipinski definition) is 1. The zero-order valence-electron chi connectivity index (χ0n) is 9.90. The second-order valence-corrected chi connectivity index (χ2v) is 5.23. The first kappa shape index (κ1) is 13.5. The second-order valence-electron chi connectivity index (χ2n) is 3.91. The summed E-state index contributed by atoms with van der Waals surface area (Å²) in [6.07, 6.45) is 6.00. The van der Waals surface area contributed by atoms with E-state index in [1.54, 1.807) is 18.6 Å². The molecule has 0 amide bonds. The number of nitrogens with zero attached hydrogens (tertiary/aromatic N) is 2. The van der Waals surface area contributed by atoms with Crippen molar-refractivity contribution in [2.45, 2.75) is 12.5 Å². The minimum Gasteiger partial charge on any atom is -0.313 e. The fourth-order valence-electron chi connectivity index (χ4n) is 1.77. The third-order valence-electron chi connectivity index (χ3n) is 2.73. The van der Waals surface area contributed by atoms with E-state index in [9.17, 15) is 0 Å². The van der Waals surface area contributed by atoms with Crippen LogP contribution in [0, 0.1) is 0 Å². The van der Waals surface area contributed by atoms with E-state index in [0.29, 0.717) is 5.02 Å². The predicted molar refractivity (Wildman–Crippen MR) is 76.7 cm³/mol. The van der Waals surface area contributed by atoms with Crippen LogP contribution in [-0.4, -0.2) is 17.0 Å². The molecule has 0 saturated carbocycles. The van der Waals surface area contributed by atoms with Crippen LogP contribution in [0.1, 0.15) is 17.3 Å². The van der Waals surface area contributed by atoms with Crippen molar-refractivity contribution in [2.75, 3.05) is 7.05 Å². The third kappa shape index (κ3) is 3.28. The summed E-state index contributed by atoms with van der Waals surface area (Å²) in [5.74, 6) is 0. The molecule has 94 valence electrons. The van der Waals surface area contributed by atoms with Gasteiger partial charge in [-0.1, -0.05) is 11.6 Å². The van der Waals surface area contributed by atoms with Gasteiger partial charge >= 0.3 is 0 Å². The van der Waals surface area contributed by atoms with Gasteiger partial charge in [0.1, 0.15) is 0 Å². The maximum Gasteiger partial charge on any atom is 0.0637 e. The Bertz CT molecular complexity index is 516. The molecule has 2 rings (SSSR count). The van der Waals surface area contributed by atoms with E-state index in [-0.39, 0.29) is 6.04 Å². The quantitative estimate of drug-likeness (QED) is 0.936. The molecule has 1 N–H and O–H groups in total. The average Bonchev–Trinajstić information content (AvgIpc) is 2.39. The zero-order valence-corrected chi connectivity index (χ0v) is 12.2. The molecule has 1 atom stereocenters. The number of halogens is 2. The standard InChI is InChI=1S/C13H13BrClN3/c1-16-13(11-4-5-17-8-12(11)15)6-10-3-2-9(14)7-18-10/h2-5,7-8,13,16H,6H2,1H3. The first-order valence-electron chi connectivity index (χ1n) is 5.58. The number of likely N-dealkylation sites (N-methyl/N-ethyl adjacent to an activating group) is 1. The van der Waals surface area contributed by atoms with Crippen LogP contribution < -0.4 is 5.32 Å². The van der Waals surface area contributed by atoms with E-state index < -0.39 is 0 Å². The Labute approximate surface area is 120 Å². The van der Waals surface area contributed by atoms with Crippen LogP contribution >= 0.6 is 27.5 Å². The van der Waals surface area contributed by atoms with E-state index in [1.807, 2.05) is 25.2 Å². The Kier molecular flexibility index (Phi) is 4.69. The minimum absolute atomic E-state index is 0.133. The maximum absolute atomic E-state index is 6.16. The monoisotopic (exact) mass is 325 g/mol. The lowest BCUT2D eigenvalue weighted by atomic mass is 10.0. The lowest BCUT2D eigenvalue weighted by Gasteiger charge is -2.17. The van der Waals surface area contributed by atoms with Crippen molar-refractivity contribution in [1.29, 1.82) is 0 Å². The van der Waals surface area contributed by atoms with Gasteiger partial charge in [0.25, 0.3) is 0 Å². The molecular formula is C13H13BrClN3. The van der Waals surface area contributed by atoms with Crippen molar-refractivity contribution < 1.29 is 0 Å². The van der Waals surface area contributed by atoms with Gasteiger partial charge < -0.3 is 5.32 Å². The predicted octanol–water partition coefficient (Wildman–Crippen LogP) is 3.40. The van der Waals surface area contributed by atoms with Crippen LogP contribution in [0.2, 0.25) is 5.02 Å². The summed E-state index contributed by atoms with van der Waals surface area (Å²) in [6.45, 7) is 0. The molecule has 0 aliphatic carbocycles. The van der Waals surface area contributed by atoms with Crippen molar-refractivity contribution in [1.82, 2.24) is 15.3 Å². The van der Waals surface area contributed by atoms with Crippen molar-refractivity contribution in [3.05, 3.63) is 57.5 Å². The molecule has 3 nitrogen and oxygen atoms in total. The van der Waals surface area contributed by atoms with E-state index in [0.717, 1.165) is 22.2 Å². The number of nitrogens with one attached hydrogen (secondary N) is 1. The summed E-state index contributed by atoms with van der Waals surface area (Å²) < 4.78 is 0.981. The smallest absolute Gasteiger partial charge is 0.0637 e. The topological polar surface area (TPSA) is 37.8 Å². The fraction of sp³-hybridized carbons (Fsp3) is 0.231. The molecule has 0 aliphatic rings. The SMILES string of the molecule is CNC(Cc1ccc(Br)cn1)c1ccncc1Cl. The first-order valence-corrected chi connectivity index (χ1v) is 6.75. The highest BCUT2D eigenvalue weighted by Crippen LogP contribution is 2.24. The summed E-state index contributed by atoms with van der Waals surface area (Å²) in [6, 6.07) is 6.06. The summed E-state index contributed by atoms with van der Waals surface area (Å²) in [5, 5.41) is 3.93. The van der Waals surface area contributed by atoms with Crippen LogP contribution in [0.15, 0.2) is 41.3 Å². The van der Waals surface area contributed by atoms with Gasteiger partial charge in [0.05, 0.1) is 5.02 Å². The van der Waals surface area contributed by atoms with Crippen molar-refractivity contribution in [3.63, 3.8) is 0 Å². The van der Waals surface area contributed by atoms with Gasteiger partial charge in [-0.15, -0.1) is 0 Å². The van der Waals surface area contributed by atoms with Gasteiger partial charge in [0.2, 0.25) is 0 Å². The average molecular weight is 327 g/mol. The Morgan fingerprint density at radius 3 is 2.78 bits per heavy atom. The van der Waals surface area contributed by atoms with Crippen LogP contribution in [0.4, 0.5) is 0 Å². The molecule has 2 heterocycles. The minimum atomic E-state index is 0.133. The van der Waals surface area contributed by atoms with E-state index >= 15 is 0 Å². The largest absolute Gasteiger partial charge is 0.313 e. The number of rotatable bonds is 4. The van der Waals surface area contributed by atoms with Gasteiger partial charge in [-0.3, -0.25) is 9.97 Å². The Hall–Kier alpha value is -0.970. The Morgan fingerprint density at radius 1 is 1.33 bits per heavy atom. The lowest BCUT2D eigenvalue weighted by molar-refractivity contribution is 0.584. The highest BCUT2D eigenvalue weighted by molar-refractivity contribution is 9.10. The molecule has 0 aliphatic heterocycles. The van der Waals surface area contributed by atoms with Crippen LogP contribution in [-0.2, 0) is 6.42 Å². The van der Waals surface area contributed by atoms with Gasteiger partial charge in [-0.05, 0) is 46.7 Å². The van der Waals surface area contributed by atoms with Crippen LogP contribution in [0.3, 0.4) is 0 Å². The molecule has 0 spiro atoms. The molecule has 0 radical (unpaired) electrons.